The first-order chi connectivity index (χ1) is 7.04. The van der Waals surface area contributed by atoms with E-state index < -0.39 is 0 Å². The molecule has 1 rings (SSSR count). The SMILES string of the molecule is Cc1nc(NC(C)C(C)CBr)ccc1Br. The van der Waals surface area contributed by atoms with E-state index in [-0.39, 0.29) is 0 Å². The maximum absolute atomic E-state index is 4.46. The fourth-order valence-corrected chi connectivity index (χ4v) is 1.92. The van der Waals surface area contributed by atoms with Gasteiger partial charge in [0, 0.05) is 15.8 Å². The summed E-state index contributed by atoms with van der Waals surface area (Å²) in [5.74, 6) is 1.52. The highest BCUT2D eigenvalue weighted by atomic mass is 79.9. The molecule has 1 heterocycles. The summed E-state index contributed by atoms with van der Waals surface area (Å²) in [6, 6.07) is 4.43. The Balaban J connectivity index is 2.68. The van der Waals surface area contributed by atoms with E-state index in [0.717, 1.165) is 21.3 Å². The van der Waals surface area contributed by atoms with Crippen molar-refractivity contribution in [1.82, 2.24) is 4.98 Å². The van der Waals surface area contributed by atoms with Gasteiger partial charge in [-0.15, -0.1) is 0 Å². The van der Waals surface area contributed by atoms with Crippen LogP contribution in [0.3, 0.4) is 0 Å². The maximum atomic E-state index is 4.46. The molecule has 0 fully saturated rings. The molecule has 2 unspecified atom stereocenters. The largest absolute Gasteiger partial charge is 0.367 e. The van der Waals surface area contributed by atoms with E-state index in [9.17, 15) is 0 Å². The number of pyridine rings is 1. The van der Waals surface area contributed by atoms with Crippen molar-refractivity contribution in [3.8, 4) is 0 Å². The number of rotatable bonds is 4. The Bertz CT molecular complexity index is 328. The molecular formula is C11H16Br2N2. The molecule has 4 heteroatoms. The summed E-state index contributed by atoms with van der Waals surface area (Å²) in [4.78, 5) is 4.46. The average Bonchev–Trinajstić information content (AvgIpc) is 2.22. The highest BCUT2D eigenvalue weighted by molar-refractivity contribution is 9.10. The number of hydrogen-bond acceptors (Lipinski definition) is 2. The first-order valence-corrected chi connectivity index (χ1v) is 6.91. The van der Waals surface area contributed by atoms with Crippen LogP contribution in [0.1, 0.15) is 19.5 Å². The lowest BCUT2D eigenvalue weighted by atomic mass is 10.1. The van der Waals surface area contributed by atoms with Crippen molar-refractivity contribution in [1.29, 1.82) is 0 Å². The molecule has 15 heavy (non-hydrogen) atoms. The van der Waals surface area contributed by atoms with Crippen LogP contribution in [0.4, 0.5) is 5.82 Å². The molecule has 0 aliphatic heterocycles. The minimum atomic E-state index is 0.414. The van der Waals surface area contributed by atoms with Gasteiger partial charge in [0.25, 0.3) is 0 Å². The highest BCUT2D eigenvalue weighted by Crippen LogP contribution is 2.18. The van der Waals surface area contributed by atoms with Gasteiger partial charge in [-0.1, -0.05) is 22.9 Å². The Morgan fingerprint density at radius 2 is 2.07 bits per heavy atom. The normalized spacial score (nSPS) is 14.7. The van der Waals surface area contributed by atoms with Gasteiger partial charge in [0.15, 0.2) is 0 Å². The zero-order valence-corrected chi connectivity index (χ0v) is 12.4. The second kappa shape index (κ2) is 5.85. The molecule has 84 valence electrons. The predicted molar refractivity (Wildman–Crippen MR) is 72.7 cm³/mol. The number of nitrogens with one attached hydrogen (secondary N) is 1. The monoisotopic (exact) mass is 334 g/mol. The van der Waals surface area contributed by atoms with Gasteiger partial charge in [0.05, 0.1) is 5.69 Å². The number of alkyl halides is 1. The molecule has 0 saturated carbocycles. The molecule has 0 spiro atoms. The van der Waals surface area contributed by atoms with Crippen molar-refractivity contribution in [3.05, 3.63) is 22.3 Å². The molecule has 1 aromatic rings. The molecule has 0 radical (unpaired) electrons. The van der Waals surface area contributed by atoms with E-state index in [1.165, 1.54) is 0 Å². The Labute approximate surface area is 108 Å². The predicted octanol–water partition coefficient (Wildman–Crippen LogP) is 3.98. The summed E-state index contributed by atoms with van der Waals surface area (Å²) in [6.45, 7) is 6.37. The van der Waals surface area contributed by atoms with E-state index in [0.29, 0.717) is 12.0 Å². The smallest absolute Gasteiger partial charge is 0.126 e. The number of aromatic nitrogens is 1. The summed E-state index contributed by atoms with van der Waals surface area (Å²) in [6.07, 6.45) is 0. The molecule has 1 aromatic heterocycles. The average molecular weight is 336 g/mol. The molecule has 1 N–H and O–H groups in total. The molecule has 0 aliphatic carbocycles. The lowest BCUT2D eigenvalue weighted by Gasteiger charge is -2.20. The van der Waals surface area contributed by atoms with Crippen LogP contribution in [0.2, 0.25) is 0 Å². The Hall–Kier alpha value is -0.0900. The molecule has 2 atom stereocenters. The third kappa shape index (κ3) is 3.76. The van der Waals surface area contributed by atoms with Crippen LogP contribution in [-0.2, 0) is 0 Å². The number of nitrogens with zero attached hydrogens (tertiary/aromatic N) is 1. The minimum Gasteiger partial charge on any atom is -0.367 e. The molecule has 2 nitrogen and oxygen atoms in total. The molecule has 0 aliphatic rings. The molecule has 0 bridgehead atoms. The Morgan fingerprint density at radius 3 is 2.60 bits per heavy atom. The Morgan fingerprint density at radius 1 is 1.40 bits per heavy atom. The third-order valence-electron chi connectivity index (χ3n) is 2.49. The standard InChI is InChI=1S/C11H16Br2N2/c1-7(6-12)8(2)14-11-5-4-10(13)9(3)15-11/h4-5,7-8H,6H2,1-3H3,(H,14,15). The van der Waals surface area contributed by atoms with Gasteiger partial charge in [-0.05, 0) is 47.8 Å². The number of halogens is 2. The van der Waals surface area contributed by atoms with Gasteiger partial charge in [-0.2, -0.15) is 0 Å². The summed E-state index contributed by atoms with van der Waals surface area (Å²) in [5, 5.41) is 4.40. The summed E-state index contributed by atoms with van der Waals surface area (Å²) in [7, 11) is 0. The van der Waals surface area contributed by atoms with Crippen LogP contribution >= 0.6 is 31.9 Å². The number of hydrogen-bond donors (Lipinski definition) is 1. The van der Waals surface area contributed by atoms with Gasteiger partial charge in [0.1, 0.15) is 5.82 Å². The van der Waals surface area contributed by atoms with Gasteiger partial charge in [0.2, 0.25) is 0 Å². The lowest BCUT2D eigenvalue weighted by Crippen LogP contribution is -2.25. The van der Waals surface area contributed by atoms with Gasteiger partial charge in [-0.3, -0.25) is 0 Å². The van der Waals surface area contributed by atoms with Crippen molar-refractivity contribution in [2.24, 2.45) is 5.92 Å². The Kier molecular flexibility index (Phi) is 5.06. The minimum absolute atomic E-state index is 0.414. The second-order valence-electron chi connectivity index (χ2n) is 3.83. The van der Waals surface area contributed by atoms with E-state index in [2.05, 4.69) is 56.0 Å². The van der Waals surface area contributed by atoms with Crippen molar-refractivity contribution in [2.45, 2.75) is 26.8 Å². The number of aryl methyl sites for hydroxylation is 1. The number of anilines is 1. The summed E-state index contributed by atoms with van der Waals surface area (Å²) >= 11 is 6.93. The summed E-state index contributed by atoms with van der Waals surface area (Å²) in [5.41, 5.74) is 1.01. The molecule has 0 saturated heterocycles. The topological polar surface area (TPSA) is 24.9 Å². The van der Waals surface area contributed by atoms with E-state index in [4.69, 9.17) is 0 Å². The lowest BCUT2D eigenvalue weighted by molar-refractivity contribution is 0.570. The van der Waals surface area contributed by atoms with Crippen molar-refractivity contribution >= 4 is 37.7 Å². The van der Waals surface area contributed by atoms with Gasteiger partial charge >= 0.3 is 0 Å². The maximum Gasteiger partial charge on any atom is 0.126 e. The van der Waals surface area contributed by atoms with Crippen LogP contribution in [0, 0.1) is 12.8 Å². The van der Waals surface area contributed by atoms with E-state index in [1.807, 2.05) is 19.1 Å². The van der Waals surface area contributed by atoms with Crippen LogP contribution in [0.15, 0.2) is 16.6 Å². The van der Waals surface area contributed by atoms with Crippen LogP contribution in [0.5, 0.6) is 0 Å². The molecule has 0 amide bonds. The first kappa shape index (κ1) is 13.0. The van der Waals surface area contributed by atoms with Gasteiger partial charge in [-0.25, -0.2) is 4.98 Å². The summed E-state index contributed by atoms with van der Waals surface area (Å²) < 4.78 is 1.05. The van der Waals surface area contributed by atoms with Crippen molar-refractivity contribution in [2.75, 3.05) is 10.6 Å². The molecular weight excluding hydrogens is 320 g/mol. The fraction of sp³-hybridized carbons (Fsp3) is 0.545. The highest BCUT2D eigenvalue weighted by Gasteiger charge is 2.11. The van der Waals surface area contributed by atoms with Crippen LogP contribution in [-0.4, -0.2) is 16.4 Å². The van der Waals surface area contributed by atoms with E-state index in [1.54, 1.807) is 0 Å². The van der Waals surface area contributed by atoms with Gasteiger partial charge < -0.3 is 5.32 Å². The van der Waals surface area contributed by atoms with Crippen LogP contribution in [0.25, 0.3) is 0 Å². The quantitative estimate of drug-likeness (QED) is 0.842. The van der Waals surface area contributed by atoms with Crippen LogP contribution < -0.4 is 5.32 Å². The van der Waals surface area contributed by atoms with E-state index >= 15 is 0 Å². The molecule has 0 aromatic carbocycles. The third-order valence-corrected chi connectivity index (χ3v) is 4.35. The van der Waals surface area contributed by atoms with Crippen molar-refractivity contribution in [3.63, 3.8) is 0 Å². The zero-order chi connectivity index (χ0) is 11.4. The first-order valence-electron chi connectivity index (χ1n) is 5.00. The fourth-order valence-electron chi connectivity index (χ4n) is 1.13. The van der Waals surface area contributed by atoms with Crippen molar-refractivity contribution < 1.29 is 0 Å². The second-order valence-corrected chi connectivity index (χ2v) is 5.33. The zero-order valence-electron chi connectivity index (χ0n) is 9.22.